The zero-order chi connectivity index (χ0) is 26.9. The fraction of sp³-hybridized carbons (Fsp3) is 0.462. The van der Waals surface area contributed by atoms with Gasteiger partial charge in [0, 0.05) is 16.8 Å². The molecular formula is C26H32F3N5O3. The van der Waals surface area contributed by atoms with E-state index in [1.807, 2.05) is 35.8 Å². The fourth-order valence-corrected chi connectivity index (χ4v) is 5.27. The van der Waals surface area contributed by atoms with E-state index >= 15 is 0 Å². The van der Waals surface area contributed by atoms with E-state index in [2.05, 4.69) is 10.3 Å². The number of hydrogen-bond acceptors (Lipinski definition) is 5. The van der Waals surface area contributed by atoms with Gasteiger partial charge in [-0.3, -0.25) is 14.5 Å². The summed E-state index contributed by atoms with van der Waals surface area (Å²) < 4.78 is 45.6. The predicted octanol–water partition coefficient (Wildman–Crippen LogP) is 3.62. The Kier molecular flexibility index (Phi) is 7.65. The van der Waals surface area contributed by atoms with Crippen LogP contribution in [0.1, 0.15) is 46.3 Å². The van der Waals surface area contributed by atoms with Gasteiger partial charge in [-0.05, 0) is 57.8 Å². The van der Waals surface area contributed by atoms with Crippen molar-refractivity contribution in [2.45, 2.75) is 45.6 Å². The summed E-state index contributed by atoms with van der Waals surface area (Å²) in [6.07, 6.45) is -3.67. The molecule has 8 nitrogen and oxygen atoms in total. The number of carbonyl (C=O) groups excluding carboxylic acids is 1. The van der Waals surface area contributed by atoms with Crippen molar-refractivity contribution in [2.75, 3.05) is 26.7 Å². The van der Waals surface area contributed by atoms with Gasteiger partial charge in [-0.1, -0.05) is 18.2 Å². The third-order valence-corrected chi connectivity index (χ3v) is 7.07. The van der Waals surface area contributed by atoms with Crippen LogP contribution < -0.4 is 21.3 Å². The van der Waals surface area contributed by atoms with Crippen LogP contribution in [0.4, 0.5) is 13.2 Å². The molecule has 11 heteroatoms. The lowest BCUT2D eigenvalue weighted by atomic mass is 9.93. The second-order valence-electron chi connectivity index (χ2n) is 9.58. The third-order valence-electron chi connectivity index (χ3n) is 7.07. The Balaban J connectivity index is 1.58. The number of benzene rings is 1. The van der Waals surface area contributed by atoms with Gasteiger partial charge < -0.3 is 25.3 Å². The molecule has 0 radical (unpaired) electrons. The lowest BCUT2D eigenvalue weighted by molar-refractivity contribution is -0.149. The Morgan fingerprint density at radius 2 is 1.92 bits per heavy atom. The van der Waals surface area contributed by atoms with Crippen LogP contribution in [0.25, 0.3) is 10.9 Å². The smallest absolute Gasteiger partial charge is 0.401 e. The first-order chi connectivity index (χ1) is 17.5. The number of aromatic nitrogens is 2. The summed E-state index contributed by atoms with van der Waals surface area (Å²) >= 11 is 0. The van der Waals surface area contributed by atoms with E-state index in [1.165, 1.54) is 12.0 Å². The largest absolute Gasteiger partial charge is 0.496 e. The van der Waals surface area contributed by atoms with Crippen molar-refractivity contribution in [1.82, 2.24) is 19.8 Å². The highest BCUT2D eigenvalue weighted by atomic mass is 19.4. The summed E-state index contributed by atoms with van der Waals surface area (Å²) in [7, 11) is 1.46. The Morgan fingerprint density at radius 1 is 1.24 bits per heavy atom. The summed E-state index contributed by atoms with van der Waals surface area (Å²) in [5.41, 5.74) is 9.20. The lowest BCUT2D eigenvalue weighted by Crippen LogP contribution is -2.43. The van der Waals surface area contributed by atoms with Gasteiger partial charge >= 0.3 is 6.18 Å². The number of ether oxygens (including phenoxy) is 1. The van der Waals surface area contributed by atoms with Crippen LogP contribution in [0, 0.1) is 19.8 Å². The van der Waals surface area contributed by atoms with Crippen molar-refractivity contribution in [3.05, 3.63) is 63.2 Å². The number of nitrogens with one attached hydrogen (secondary N) is 2. The van der Waals surface area contributed by atoms with Gasteiger partial charge in [0.1, 0.15) is 5.75 Å². The van der Waals surface area contributed by atoms with E-state index < -0.39 is 18.9 Å². The number of piperidine rings is 1. The second kappa shape index (κ2) is 10.6. The van der Waals surface area contributed by atoms with Crippen molar-refractivity contribution in [3.8, 4) is 5.75 Å². The number of H-pyrrole nitrogens is 1. The summed E-state index contributed by atoms with van der Waals surface area (Å²) in [5.74, 6) is -0.00783. The molecule has 4 N–H and O–H groups in total. The maximum absolute atomic E-state index is 13.4. The van der Waals surface area contributed by atoms with Crippen LogP contribution in [-0.4, -0.2) is 53.3 Å². The van der Waals surface area contributed by atoms with Gasteiger partial charge in [0.25, 0.3) is 11.5 Å². The molecule has 1 aliphatic heterocycles. The van der Waals surface area contributed by atoms with E-state index in [0.717, 1.165) is 5.52 Å². The minimum Gasteiger partial charge on any atom is -0.496 e. The van der Waals surface area contributed by atoms with Gasteiger partial charge in [0.05, 0.1) is 43.0 Å². The molecule has 200 valence electrons. The predicted molar refractivity (Wildman–Crippen MR) is 135 cm³/mol. The summed E-state index contributed by atoms with van der Waals surface area (Å²) in [6.45, 7) is 3.24. The molecule has 1 saturated heterocycles. The maximum atomic E-state index is 13.4. The third kappa shape index (κ3) is 5.67. The molecule has 3 aromatic rings. The number of aryl methyl sites for hydroxylation is 1. The SMILES string of the molecule is COc1cc(C)[nH]c(=O)c1CNC(=O)c1c(C)n(C(N)C2CCN(CC(F)(F)F)CC2)c2ccccc12. The molecule has 0 aliphatic carbocycles. The number of rotatable bonds is 7. The first kappa shape index (κ1) is 26.7. The molecule has 1 fully saturated rings. The van der Waals surface area contributed by atoms with Gasteiger partial charge in [-0.15, -0.1) is 0 Å². The highest BCUT2D eigenvalue weighted by Crippen LogP contribution is 2.34. The zero-order valence-corrected chi connectivity index (χ0v) is 21.1. The van der Waals surface area contributed by atoms with E-state index in [0.29, 0.717) is 59.6 Å². The van der Waals surface area contributed by atoms with E-state index in [4.69, 9.17) is 10.5 Å². The summed E-state index contributed by atoms with van der Waals surface area (Å²) in [5, 5.41) is 3.55. The average Bonchev–Trinajstić information content (AvgIpc) is 3.13. The van der Waals surface area contributed by atoms with E-state index in [1.54, 1.807) is 13.0 Å². The Bertz CT molecular complexity index is 1340. The molecule has 1 aliphatic rings. The maximum Gasteiger partial charge on any atom is 0.401 e. The number of para-hydroxylation sites is 1. The molecule has 0 spiro atoms. The van der Waals surface area contributed by atoms with Gasteiger partial charge in [0.15, 0.2) is 0 Å². The van der Waals surface area contributed by atoms with Crippen LogP contribution in [0.15, 0.2) is 35.1 Å². The average molecular weight is 520 g/mol. The topological polar surface area (TPSA) is 105 Å². The number of pyridine rings is 1. The number of aromatic amines is 1. The quantitative estimate of drug-likeness (QED) is 0.442. The number of hydrogen-bond donors (Lipinski definition) is 3. The minimum atomic E-state index is -4.22. The van der Waals surface area contributed by atoms with Crippen LogP contribution in [0.2, 0.25) is 0 Å². The van der Waals surface area contributed by atoms with Crippen molar-refractivity contribution < 1.29 is 22.7 Å². The lowest BCUT2D eigenvalue weighted by Gasteiger charge is -2.36. The van der Waals surface area contributed by atoms with E-state index in [9.17, 15) is 22.8 Å². The van der Waals surface area contributed by atoms with Crippen LogP contribution in [0.5, 0.6) is 5.75 Å². The highest BCUT2D eigenvalue weighted by Gasteiger charge is 2.35. The number of likely N-dealkylation sites (tertiary alicyclic amines) is 1. The number of alkyl halides is 3. The van der Waals surface area contributed by atoms with Crippen molar-refractivity contribution in [3.63, 3.8) is 0 Å². The number of methoxy groups -OCH3 is 1. The molecule has 0 bridgehead atoms. The molecule has 1 atom stereocenters. The van der Waals surface area contributed by atoms with Crippen LogP contribution in [0.3, 0.4) is 0 Å². The Labute approximate surface area is 212 Å². The molecule has 4 rings (SSSR count). The first-order valence-corrected chi connectivity index (χ1v) is 12.2. The molecular weight excluding hydrogens is 487 g/mol. The molecule has 1 aromatic carbocycles. The van der Waals surface area contributed by atoms with Crippen LogP contribution in [-0.2, 0) is 6.54 Å². The highest BCUT2D eigenvalue weighted by molar-refractivity contribution is 6.08. The van der Waals surface area contributed by atoms with Crippen molar-refractivity contribution in [1.29, 1.82) is 0 Å². The number of fused-ring (bicyclic) bond motifs is 1. The van der Waals surface area contributed by atoms with Crippen molar-refractivity contribution in [2.24, 2.45) is 11.7 Å². The Hall–Kier alpha value is -3.31. The standard InChI is InChI=1S/C26H32F3N5O3/c1-15-12-21(37-3)19(24(35)32-15)13-31-25(36)22-16(2)34(20-7-5-4-6-18(20)22)23(30)17-8-10-33(11-9-17)14-26(27,28)29/h4-7,12,17,23H,8-11,13-14,30H2,1-3H3,(H,31,36)(H,32,35). The first-order valence-electron chi connectivity index (χ1n) is 12.2. The number of nitrogens with zero attached hydrogens (tertiary/aromatic N) is 2. The second-order valence-corrected chi connectivity index (χ2v) is 9.58. The number of carbonyl (C=O) groups is 1. The summed E-state index contributed by atoms with van der Waals surface area (Å²) in [4.78, 5) is 30.0. The Morgan fingerprint density at radius 3 is 2.57 bits per heavy atom. The normalized spacial score (nSPS) is 16.2. The molecule has 0 saturated carbocycles. The van der Waals surface area contributed by atoms with E-state index in [-0.39, 0.29) is 23.9 Å². The molecule has 2 aromatic heterocycles. The number of amides is 1. The number of halogens is 3. The molecule has 37 heavy (non-hydrogen) atoms. The van der Waals surface area contributed by atoms with Gasteiger partial charge in [0.2, 0.25) is 0 Å². The molecule has 3 heterocycles. The molecule has 1 unspecified atom stereocenters. The van der Waals surface area contributed by atoms with Gasteiger partial charge in [-0.25, -0.2) is 0 Å². The zero-order valence-electron chi connectivity index (χ0n) is 21.1. The van der Waals surface area contributed by atoms with Gasteiger partial charge in [-0.2, -0.15) is 13.2 Å². The van der Waals surface area contributed by atoms with Crippen molar-refractivity contribution >= 4 is 16.8 Å². The minimum absolute atomic E-state index is 0.0275. The van der Waals surface area contributed by atoms with Crippen LogP contribution >= 0.6 is 0 Å². The monoisotopic (exact) mass is 519 g/mol. The number of nitrogens with two attached hydrogens (primary N) is 1. The fourth-order valence-electron chi connectivity index (χ4n) is 5.27. The molecule has 1 amide bonds. The summed E-state index contributed by atoms with van der Waals surface area (Å²) in [6, 6.07) is 9.10.